The first-order valence-corrected chi connectivity index (χ1v) is 11.9. The Labute approximate surface area is 179 Å². The van der Waals surface area contributed by atoms with Crippen LogP contribution in [0.4, 0.5) is 0 Å². The fourth-order valence-electron chi connectivity index (χ4n) is 3.70. The van der Waals surface area contributed by atoms with Crippen molar-refractivity contribution in [3.05, 3.63) is 57.8 Å². The molecule has 0 aliphatic heterocycles. The van der Waals surface area contributed by atoms with E-state index in [1.807, 2.05) is 16.1 Å². The smallest absolute Gasteiger partial charge is 0.231 e. The molecule has 6 nitrogen and oxygen atoms in total. The van der Waals surface area contributed by atoms with Crippen LogP contribution in [0.5, 0.6) is 0 Å². The van der Waals surface area contributed by atoms with Crippen LogP contribution in [-0.2, 0) is 4.79 Å². The van der Waals surface area contributed by atoms with Gasteiger partial charge >= 0.3 is 0 Å². The van der Waals surface area contributed by atoms with Gasteiger partial charge in [-0.05, 0) is 47.2 Å². The van der Waals surface area contributed by atoms with Gasteiger partial charge < -0.3 is 5.32 Å². The summed E-state index contributed by atoms with van der Waals surface area (Å²) < 4.78 is 1.91. The molecule has 1 aromatic carbocycles. The van der Waals surface area contributed by atoms with Crippen molar-refractivity contribution in [3.63, 3.8) is 0 Å². The van der Waals surface area contributed by atoms with E-state index in [-0.39, 0.29) is 11.9 Å². The normalized spacial score (nSPS) is 15.9. The first kappa shape index (κ1) is 20.1. The molecule has 1 saturated carbocycles. The monoisotopic (exact) mass is 427 g/mol. The van der Waals surface area contributed by atoms with Crippen LogP contribution in [0.15, 0.2) is 46.9 Å². The number of rotatable bonds is 7. The molecule has 1 amide bonds. The molecular weight excluding hydrogens is 402 g/mol. The molecule has 8 heteroatoms. The van der Waals surface area contributed by atoms with E-state index in [2.05, 4.69) is 58.1 Å². The van der Waals surface area contributed by atoms with Crippen molar-refractivity contribution in [2.45, 2.75) is 56.3 Å². The Balaban J connectivity index is 1.41. The molecule has 1 fully saturated rings. The van der Waals surface area contributed by atoms with E-state index < -0.39 is 0 Å². The van der Waals surface area contributed by atoms with Crippen LogP contribution in [-0.4, -0.2) is 31.9 Å². The lowest BCUT2D eigenvalue weighted by Crippen LogP contribution is -2.30. The zero-order valence-corrected chi connectivity index (χ0v) is 18.1. The van der Waals surface area contributed by atoms with Crippen LogP contribution in [0.25, 0.3) is 0 Å². The Bertz CT molecular complexity index is 917. The Morgan fingerprint density at radius 1 is 1.24 bits per heavy atom. The number of thiophene rings is 1. The van der Waals surface area contributed by atoms with E-state index in [0.717, 1.165) is 28.4 Å². The first-order valence-electron chi connectivity index (χ1n) is 10.0. The molecule has 0 saturated heterocycles. The van der Waals surface area contributed by atoms with Crippen LogP contribution in [0.1, 0.15) is 60.2 Å². The number of nitrogens with zero attached hydrogens (tertiary/aromatic N) is 4. The molecule has 0 bridgehead atoms. The lowest BCUT2D eigenvalue weighted by Gasteiger charge is -2.22. The molecule has 1 atom stereocenters. The number of amides is 1. The molecular formula is C21H25N5OS2. The molecule has 0 unspecified atom stereocenters. The highest BCUT2D eigenvalue weighted by Gasteiger charge is 2.22. The summed E-state index contributed by atoms with van der Waals surface area (Å²) in [5.41, 5.74) is 2.29. The van der Waals surface area contributed by atoms with Gasteiger partial charge in [-0.2, -0.15) is 0 Å². The Morgan fingerprint density at radius 3 is 2.76 bits per heavy atom. The van der Waals surface area contributed by atoms with E-state index in [9.17, 15) is 4.79 Å². The molecule has 4 rings (SSSR count). The summed E-state index contributed by atoms with van der Waals surface area (Å²) in [6.45, 7) is 2.07. The third-order valence-electron chi connectivity index (χ3n) is 5.26. The maximum atomic E-state index is 12.8. The summed E-state index contributed by atoms with van der Waals surface area (Å²) >= 11 is 3.06. The van der Waals surface area contributed by atoms with Crippen LogP contribution in [0.2, 0.25) is 0 Å². The number of carbonyl (C=O) groups is 1. The van der Waals surface area contributed by atoms with Crippen LogP contribution >= 0.6 is 23.1 Å². The quantitative estimate of drug-likeness (QED) is 0.560. The average Bonchev–Trinajstić information content (AvgIpc) is 3.44. The number of thioether (sulfide) groups is 1. The molecule has 1 N–H and O–H groups in total. The van der Waals surface area contributed by atoms with Gasteiger partial charge in [0.1, 0.15) is 0 Å². The number of hydrogen-bond donors (Lipinski definition) is 1. The SMILES string of the molecule is Cc1ccc([C@H](NC(=O)CSc2nnnn2C2CCCCC2)c2cccs2)cc1. The van der Waals surface area contributed by atoms with Gasteiger partial charge in [0.15, 0.2) is 0 Å². The van der Waals surface area contributed by atoms with Crippen molar-refractivity contribution >= 4 is 29.0 Å². The molecule has 1 aliphatic carbocycles. The molecule has 0 radical (unpaired) electrons. The van der Waals surface area contributed by atoms with E-state index in [1.165, 1.54) is 36.6 Å². The second-order valence-corrected chi connectivity index (χ2v) is 9.33. The maximum Gasteiger partial charge on any atom is 0.231 e. The maximum absolute atomic E-state index is 12.8. The topological polar surface area (TPSA) is 72.7 Å². The van der Waals surface area contributed by atoms with E-state index in [0.29, 0.717) is 11.8 Å². The third-order valence-corrected chi connectivity index (χ3v) is 7.13. The van der Waals surface area contributed by atoms with E-state index in [4.69, 9.17) is 0 Å². The number of carbonyl (C=O) groups excluding carboxylic acids is 1. The fraction of sp³-hybridized carbons (Fsp3) is 0.429. The first-order chi connectivity index (χ1) is 14.2. The Morgan fingerprint density at radius 2 is 2.03 bits per heavy atom. The van der Waals surface area contributed by atoms with Gasteiger partial charge in [-0.15, -0.1) is 16.4 Å². The minimum Gasteiger partial charge on any atom is -0.344 e. The highest BCUT2D eigenvalue weighted by Crippen LogP contribution is 2.30. The van der Waals surface area contributed by atoms with Crippen LogP contribution in [0.3, 0.4) is 0 Å². The Kier molecular flexibility index (Phi) is 6.61. The molecule has 152 valence electrons. The lowest BCUT2D eigenvalue weighted by molar-refractivity contribution is -0.119. The fourth-order valence-corrected chi connectivity index (χ4v) is 5.26. The highest BCUT2D eigenvalue weighted by molar-refractivity contribution is 7.99. The number of hydrogen-bond acceptors (Lipinski definition) is 6. The van der Waals surface area contributed by atoms with Gasteiger partial charge in [0.2, 0.25) is 11.1 Å². The van der Waals surface area contributed by atoms with E-state index in [1.54, 1.807) is 11.3 Å². The molecule has 29 heavy (non-hydrogen) atoms. The van der Waals surface area contributed by atoms with Crippen molar-refractivity contribution < 1.29 is 4.79 Å². The third kappa shape index (κ3) is 5.05. The molecule has 3 aromatic rings. The number of nitrogens with one attached hydrogen (secondary N) is 1. The minimum absolute atomic E-state index is 0.0211. The highest BCUT2D eigenvalue weighted by atomic mass is 32.2. The van der Waals surface area contributed by atoms with Crippen molar-refractivity contribution in [2.24, 2.45) is 0 Å². The van der Waals surface area contributed by atoms with Gasteiger partial charge in [-0.1, -0.05) is 66.9 Å². The van der Waals surface area contributed by atoms with Gasteiger partial charge in [0.25, 0.3) is 0 Å². The van der Waals surface area contributed by atoms with Crippen molar-refractivity contribution in [1.29, 1.82) is 0 Å². The van der Waals surface area contributed by atoms with Gasteiger partial charge in [-0.25, -0.2) is 4.68 Å². The van der Waals surface area contributed by atoms with Crippen molar-refractivity contribution in [1.82, 2.24) is 25.5 Å². The second kappa shape index (κ2) is 9.54. The Hall–Kier alpha value is -2.19. The zero-order valence-electron chi connectivity index (χ0n) is 16.5. The molecule has 2 aromatic heterocycles. The number of aryl methyl sites for hydroxylation is 1. The predicted molar refractivity (Wildman–Crippen MR) is 116 cm³/mol. The summed E-state index contributed by atoms with van der Waals surface area (Å²) in [5, 5.41) is 18.1. The van der Waals surface area contributed by atoms with Crippen LogP contribution < -0.4 is 5.32 Å². The largest absolute Gasteiger partial charge is 0.344 e. The van der Waals surface area contributed by atoms with Crippen molar-refractivity contribution in [2.75, 3.05) is 5.75 Å². The van der Waals surface area contributed by atoms with Crippen LogP contribution in [0, 0.1) is 6.92 Å². The summed E-state index contributed by atoms with van der Waals surface area (Å²) in [5.74, 6) is 0.271. The molecule has 2 heterocycles. The van der Waals surface area contributed by atoms with Gasteiger partial charge in [0.05, 0.1) is 17.8 Å². The predicted octanol–water partition coefficient (Wildman–Crippen LogP) is 4.55. The lowest BCUT2D eigenvalue weighted by atomic mass is 9.96. The number of benzene rings is 1. The molecule has 0 spiro atoms. The van der Waals surface area contributed by atoms with Gasteiger partial charge in [0, 0.05) is 4.88 Å². The number of aromatic nitrogens is 4. The van der Waals surface area contributed by atoms with E-state index >= 15 is 0 Å². The summed E-state index contributed by atoms with van der Waals surface area (Å²) in [6, 6.07) is 12.6. The zero-order chi connectivity index (χ0) is 20.1. The number of tetrazole rings is 1. The minimum atomic E-state index is -0.141. The summed E-state index contributed by atoms with van der Waals surface area (Å²) in [4.78, 5) is 13.9. The second-order valence-electron chi connectivity index (χ2n) is 7.41. The van der Waals surface area contributed by atoms with Crippen molar-refractivity contribution in [3.8, 4) is 0 Å². The molecule has 1 aliphatic rings. The summed E-state index contributed by atoms with van der Waals surface area (Å²) in [7, 11) is 0. The van der Waals surface area contributed by atoms with Gasteiger partial charge in [-0.3, -0.25) is 4.79 Å². The summed E-state index contributed by atoms with van der Waals surface area (Å²) in [6.07, 6.45) is 5.94. The average molecular weight is 428 g/mol. The standard InChI is InChI=1S/C21H25N5OS2/c1-15-9-11-16(12-10-15)20(18-8-5-13-28-18)22-19(27)14-29-21-23-24-25-26(21)17-6-3-2-4-7-17/h5,8-13,17,20H,2-4,6-7,14H2,1H3,(H,22,27)/t20-/m0/s1.